The van der Waals surface area contributed by atoms with E-state index in [0.29, 0.717) is 11.6 Å². The van der Waals surface area contributed by atoms with Crippen molar-refractivity contribution in [1.82, 2.24) is 5.32 Å². The molecule has 0 amide bonds. The second kappa shape index (κ2) is 7.29. The molecule has 100 valence electrons. The van der Waals surface area contributed by atoms with E-state index < -0.39 is 0 Å². The maximum Gasteiger partial charge on any atom is 0.161 e. The third-order valence-corrected chi connectivity index (χ3v) is 2.89. The van der Waals surface area contributed by atoms with Gasteiger partial charge in [0.2, 0.25) is 0 Å². The largest absolute Gasteiger partial charge is 0.493 e. The number of hydrogen-bond acceptors (Lipinski definition) is 3. The average Bonchev–Trinajstić information content (AvgIpc) is 2.38. The lowest BCUT2D eigenvalue weighted by Gasteiger charge is -2.18. The van der Waals surface area contributed by atoms with Crippen molar-refractivity contribution in [3.8, 4) is 11.5 Å². The van der Waals surface area contributed by atoms with Crippen molar-refractivity contribution in [2.24, 2.45) is 0 Å². The van der Waals surface area contributed by atoms with E-state index in [1.165, 1.54) is 0 Å². The zero-order valence-electron chi connectivity index (χ0n) is 11.1. The smallest absolute Gasteiger partial charge is 0.161 e. The predicted molar refractivity (Wildman–Crippen MR) is 75.6 cm³/mol. The Morgan fingerprint density at radius 1 is 1.33 bits per heavy atom. The van der Waals surface area contributed by atoms with E-state index in [1.807, 2.05) is 18.2 Å². The molecule has 1 rings (SSSR count). The molecule has 0 saturated carbocycles. The van der Waals surface area contributed by atoms with Crippen molar-refractivity contribution >= 4 is 11.6 Å². The number of nitrogens with one attached hydrogen (secondary N) is 1. The van der Waals surface area contributed by atoms with E-state index in [0.717, 1.165) is 23.5 Å². The number of ether oxygens (including phenoxy) is 2. The molecule has 0 saturated heterocycles. The Bertz CT molecular complexity index is 407. The number of rotatable bonds is 7. The van der Waals surface area contributed by atoms with Gasteiger partial charge in [-0.05, 0) is 24.1 Å². The number of hydrogen-bond donors (Lipinski definition) is 1. The highest BCUT2D eigenvalue weighted by Gasteiger charge is 2.12. The van der Waals surface area contributed by atoms with E-state index in [-0.39, 0.29) is 6.04 Å². The summed E-state index contributed by atoms with van der Waals surface area (Å²) in [6, 6.07) is 6.14. The summed E-state index contributed by atoms with van der Waals surface area (Å²) in [4.78, 5) is 0. The molecule has 1 aromatic carbocycles. The van der Waals surface area contributed by atoms with Crippen LogP contribution in [-0.4, -0.2) is 20.8 Å². The lowest BCUT2D eigenvalue weighted by Crippen LogP contribution is -2.21. The molecular formula is C14H20ClNO2. The first-order valence-corrected chi connectivity index (χ1v) is 6.28. The van der Waals surface area contributed by atoms with Crippen LogP contribution in [0.15, 0.2) is 29.8 Å². The van der Waals surface area contributed by atoms with Gasteiger partial charge < -0.3 is 14.8 Å². The van der Waals surface area contributed by atoms with Crippen LogP contribution in [0.2, 0.25) is 0 Å². The van der Waals surface area contributed by atoms with Crippen LogP contribution in [0.5, 0.6) is 11.5 Å². The first kappa shape index (κ1) is 14.9. The minimum atomic E-state index is 0.223. The quantitative estimate of drug-likeness (QED) is 0.822. The van der Waals surface area contributed by atoms with Crippen molar-refractivity contribution in [3.05, 3.63) is 35.4 Å². The summed E-state index contributed by atoms with van der Waals surface area (Å²) in [5.74, 6) is 1.47. The van der Waals surface area contributed by atoms with Crippen LogP contribution in [0.3, 0.4) is 0 Å². The topological polar surface area (TPSA) is 30.5 Å². The van der Waals surface area contributed by atoms with Gasteiger partial charge in [0.25, 0.3) is 0 Å². The highest BCUT2D eigenvalue weighted by Crippen LogP contribution is 2.30. The van der Waals surface area contributed by atoms with Gasteiger partial charge in [0.05, 0.1) is 14.2 Å². The summed E-state index contributed by atoms with van der Waals surface area (Å²) in [5, 5.41) is 3.95. The maximum absolute atomic E-state index is 5.77. The molecule has 18 heavy (non-hydrogen) atoms. The van der Waals surface area contributed by atoms with Gasteiger partial charge in [-0.25, -0.2) is 0 Å². The van der Waals surface area contributed by atoms with Crippen LogP contribution in [0.1, 0.15) is 24.9 Å². The molecule has 1 aromatic rings. The van der Waals surface area contributed by atoms with Crippen LogP contribution < -0.4 is 14.8 Å². The van der Waals surface area contributed by atoms with Gasteiger partial charge in [0.15, 0.2) is 11.5 Å². The predicted octanol–water partition coefficient (Wildman–Crippen LogP) is 3.50. The first-order valence-electron chi connectivity index (χ1n) is 5.91. The van der Waals surface area contributed by atoms with Gasteiger partial charge >= 0.3 is 0 Å². The molecular weight excluding hydrogens is 250 g/mol. The summed E-state index contributed by atoms with van der Waals surface area (Å²) in [7, 11) is 3.27. The van der Waals surface area contributed by atoms with Crippen LogP contribution in [0.25, 0.3) is 0 Å². The number of methoxy groups -OCH3 is 2. The lowest BCUT2D eigenvalue weighted by atomic mass is 10.0. The Balaban J connectivity index is 2.88. The van der Waals surface area contributed by atoms with E-state index in [4.69, 9.17) is 21.1 Å². The minimum absolute atomic E-state index is 0.223. The molecule has 0 aromatic heterocycles. The summed E-state index contributed by atoms with van der Waals surface area (Å²) in [5.41, 5.74) is 1.15. The van der Waals surface area contributed by atoms with Crippen molar-refractivity contribution in [3.63, 3.8) is 0 Å². The van der Waals surface area contributed by atoms with E-state index in [9.17, 15) is 0 Å². The van der Waals surface area contributed by atoms with Crippen molar-refractivity contribution in [2.45, 2.75) is 19.4 Å². The summed E-state index contributed by atoms with van der Waals surface area (Å²) in [6.07, 6.45) is 0.958. The fourth-order valence-electron chi connectivity index (χ4n) is 1.80. The van der Waals surface area contributed by atoms with Gasteiger partial charge in [-0.2, -0.15) is 0 Å². The Morgan fingerprint density at radius 2 is 2.00 bits per heavy atom. The van der Waals surface area contributed by atoms with Crippen molar-refractivity contribution in [1.29, 1.82) is 0 Å². The van der Waals surface area contributed by atoms with Crippen LogP contribution in [0.4, 0.5) is 0 Å². The third kappa shape index (κ3) is 3.93. The molecule has 0 aliphatic rings. The average molecular weight is 270 g/mol. The van der Waals surface area contributed by atoms with Crippen LogP contribution >= 0.6 is 11.6 Å². The fourth-order valence-corrected chi connectivity index (χ4v) is 1.88. The van der Waals surface area contributed by atoms with Gasteiger partial charge in [-0.15, -0.1) is 0 Å². The Kier molecular flexibility index (Phi) is 6.02. The van der Waals surface area contributed by atoms with Gasteiger partial charge in [0, 0.05) is 17.6 Å². The van der Waals surface area contributed by atoms with Gasteiger partial charge in [-0.3, -0.25) is 0 Å². The Labute approximate surface area is 114 Å². The van der Waals surface area contributed by atoms with Crippen molar-refractivity contribution in [2.75, 3.05) is 20.8 Å². The van der Waals surface area contributed by atoms with E-state index >= 15 is 0 Å². The van der Waals surface area contributed by atoms with E-state index in [2.05, 4.69) is 18.8 Å². The molecule has 0 radical (unpaired) electrons. The molecule has 3 nitrogen and oxygen atoms in total. The number of halogens is 1. The first-order chi connectivity index (χ1) is 8.62. The van der Waals surface area contributed by atoms with Gasteiger partial charge in [-0.1, -0.05) is 31.2 Å². The molecule has 1 unspecified atom stereocenters. The van der Waals surface area contributed by atoms with Crippen molar-refractivity contribution < 1.29 is 9.47 Å². The van der Waals surface area contributed by atoms with Crippen LogP contribution in [0, 0.1) is 0 Å². The molecule has 4 heteroatoms. The Morgan fingerprint density at radius 3 is 2.50 bits per heavy atom. The van der Waals surface area contributed by atoms with Crippen LogP contribution in [-0.2, 0) is 0 Å². The molecule has 0 spiro atoms. The monoisotopic (exact) mass is 269 g/mol. The summed E-state index contributed by atoms with van der Waals surface area (Å²) >= 11 is 5.77. The lowest BCUT2D eigenvalue weighted by molar-refractivity contribution is 0.353. The summed E-state index contributed by atoms with van der Waals surface area (Å²) in [6.45, 7) is 6.38. The highest BCUT2D eigenvalue weighted by molar-refractivity contribution is 6.29. The minimum Gasteiger partial charge on any atom is -0.493 e. The zero-order chi connectivity index (χ0) is 13.5. The Hall–Kier alpha value is -1.19. The fraction of sp³-hybridized carbons (Fsp3) is 0.429. The SMILES string of the molecule is C=C(Cl)CNC(CC)c1ccc(OC)c(OC)c1. The molecule has 0 bridgehead atoms. The standard InChI is InChI=1S/C14H20ClNO2/c1-5-12(16-9-10(2)15)11-6-7-13(17-3)14(8-11)18-4/h6-8,12,16H,2,5,9H2,1,3-4H3. The third-order valence-electron chi connectivity index (χ3n) is 2.76. The highest BCUT2D eigenvalue weighted by atomic mass is 35.5. The maximum atomic E-state index is 5.77. The summed E-state index contributed by atoms with van der Waals surface area (Å²) < 4.78 is 10.5. The molecule has 0 heterocycles. The number of benzene rings is 1. The van der Waals surface area contributed by atoms with E-state index in [1.54, 1.807) is 14.2 Å². The van der Waals surface area contributed by atoms with Gasteiger partial charge in [0.1, 0.15) is 0 Å². The molecule has 0 aliphatic heterocycles. The second-order valence-corrected chi connectivity index (χ2v) is 4.51. The molecule has 0 fully saturated rings. The molecule has 0 aliphatic carbocycles. The zero-order valence-corrected chi connectivity index (χ0v) is 11.9. The normalized spacial score (nSPS) is 12.0. The molecule has 1 N–H and O–H groups in total. The molecule has 1 atom stereocenters. The second-order valence-electron chi connectivity index (χ2n) is 3.97.